The van der Waals surface area contributed by atoms with Gasteiger partial charge in [0.25, 0.3) is 0 Å². The highest BCUT2D eigenvalue weighted by molar-refractivity contribution is 7.86. The van der Waals surface area contributed by atoms with E-state index in [-0.39, 0.29) is 17.9 Å². The number of ether oxygens (including phenoxy) is 3. The molecule has 11 aromatic carbocycles. The zero-order valence-corrected chi connectivity index (χ0v) is 47.7. The molecule has 84 heavy (non-hydrogen) atoms. The Balaban J connectivity index is 0.00000389. The van der Waals surface area contributed by atoms with Gasteiger partial charge in [-0.25, -0.2) is 9.59 Å². The molecule has 3 unspecified atom stereocenters. The van der Waals surface area contributed by atoms with Crippen LogP contribution in [-0.4, -0.2) is 18.7 Å². The summed E-state index contributed by atoms with van der Waals surface area (Å²) in [6.45, 7) is 2.27. The van der Waals surface area contributed by atoms with E-state index in [4.69, 9.17) is 28.8 Å². The second-order valence-electron chi connectivity index (χ2n) is 18.9. The minimum atomic E-state index is -3.50. The zero-order chi connectivity index (χ0) is 58.4. The Morgan fingerprint density at radius 1 is 0.286 bits per heavy atom. The fourth-order valence-corrected chi connectivity index (χ4v) is 17.3. The second-order valence-corrected chi connectivity index (χ2v) is 27.2. The van der Waals surface area contributed by atoms with Crippen LogP contribution in [0, 0.1) is 0 Å². The number of carbonyl (C=O) groups excluding carboxylic acids is 3. The van der Waals surface area contributed by atoms with Crippen LogP contribution in [-0.2, 0) is 30.0 Å². The Morgan fingerprint density at radius 2 is 0.536 bits per heavy atom. The predicted molar refractivity (Wildman–Crippen MR) is 333 cm³/mol. The van der Waals surface area contributed by atoms with Gasteiger partial charge in [0.05, 0.1) is 11.1 Å². The van der Waals surface area contributed by atoms with Crippen molar-refractivity contribution in [2.45, 2.75) is 6.61 Å². The number of carbonyl (C=O) groups is 3. The van der Waals surface area contributed by atoms with Crippen LogP contribution < -0.4 is 66.8 Å². The summed E-state index contributed by atoms with van der Waals surface area (Å²) in [5, 5.41) is 5.20. The van der Waals surface area contributed by atoms with E-state index in [0.717, 1.165) is 5.56 Å². The number of esters is 2. The normalized spacial score (nSPS) is 13.0. The first-order valence-electron chi connectivity index (χ1n) is 26.5. The van der Waals surface area contributed by atoms with Crippen LogP contribution in [0.4, 0.5) is 0 Å². The third kappa shape index (κ3) is 12.7. The standard InChI is InChI=1S/C69H51O10P3.CH2O/c70-68(52-18-8-2-9-19-52)77-56-32-44-65(45-33-56)81(73,60-22-12-4-13-23-60)64-42-30-55(31-43-64)76-54-28-40-63(41-29-54)80(72,59-20-10-3-11-21-59)62-38-26-53(27-39-62)69(71)78-57-34-46-66(47-35-57)82(74,61-24-14-5-15-25-61)67-48-36-58(37-49-67)79-75-50-51-16-6-1-7-17-51;1-2/h1-49H,50H2;1H2. The van der Waals surface area contributed by atoms with E-state index in [0.29, 0.717) is 76.3 Å². The first-order chi connectivity index (χ1) is 41.1. The van der Waals surface area contributed by atoms with Crippen LogP contribution in [0.3, 0.4) is 0 Å². The zero-order valence-electron chi connectivity index (χ0n) is 45.0. The second kappa shape index (κ2) is 26.5. The van der Waals surface area contributed by atoms with Crippen LogP contribution in [0.25, 0.3) is 0 Å². The summed E-state index contributed by atoms with van der Waals surface area (Å²) in [5.41, 5.74) is 1.63. The van der Waals surface area contributed by atoms with Crippen molar-refractivity contribution in [3.63, 3.8) is 0 Å². The molecular weight excluding hydrogens is 1110 g/mol. The van der Waals surface area contributed by atoms with Crippen LogP contribution in [0.1, 0.15) is 26.3 Å². The van der Waals surface area contributed by atoms with Crippen LogP contribution in [0.2, 0.25) is 0 Å². The van der Waals surface area contributed by atoms with Gasteiger partial charge in [0.15, 0.2) is 27.2 Å². The van der Waals surface area contributed by atoms with Crippen molar-refractivity contribution in [1.29, 1.82) is 0 Å². The molecular formula is C70H53O11P3. The lowest BCUT2D eigenvalue weighted by Crippen LogP contribution is -2.25. The maximum absolute atomic E-state index is 15.5. The summed E-state index contributed by atoms with van der Waals surface area (Å²) in [6, 6.07) is 87.2. The molecule has 11 aromatic rings. The van der Waals surface area contributed by atoms with Gasteiger partial charge in [0.1, 0.15) is 36.4 Å². The molecule has 0 aromatic heterocycles. The first kappa shape index (κ1) is 57.5. The quantitative estimate of drug-likeness (QED) is 0.0250. The number of benzene rings is 11. The summed E-state index contributed by atoms with van der Waals surface area (Å²) in [6.07, 6.45) is 0. The third-order valence-electron chi connectivity index (χ3n) is 13.7. The summed E-state index contributed by atoms with van der Waals surface area (Å²) in [5.74, 6) is 0.913. The minimum Gasteiger partial charge on any atom is -0.457 e. The molecule has 11 nitrogen and oxygen atoms in total. The SMILES string of the molecule is C=O.O=C(Oc1ccc(P(=O)(c2ccccc2)c2ccc(Oc3ccc(P(=O)(c4ccccc4)c4ccc(C(=O)Oc5ccc(P(=O)(c6ccccc6)c6ccc(OOCc7ccccc7)cc6)cc5)cc4)cc3)cc2)cc1)c1ccccc1. The molecule has 0 N–H and O–H groups in total. The van der Waals surface area contributed by atoms with Crippen molar-refractivity contribution in [3.05, 3.63) is 314 Å². The summed E-state index contributed by atoms with van der Waals surface area (Å²) in [4.78, 5) is 45.4. The molecule has 0 spiro atoms. The van der Waals surface area contributed by atoms with Crippen molar-refractivity contribution in [2.75, 3.05) is 0 Å². The molecule has 11 rings (SSSR count). The monoisotopic (exact) mass is 1160 g/mol. The molecule has 0 radical (unpaired) electrons. The van der Waals surface area contributed by atoms with Crippen LogP contribution >= 0.6 is 21.4 Å². The fourth-order valence-electron chi connectivity index (χ4n) is 9.45. The molecule has 0 heterocycles. The van der Waals surface area contributed by atoms with E-state index in [9.17, 15) is 9.59 Å². The van der Waals surface area contributed by atoms with Gasteiger partial charge < -0.3 is 37.6 Å². The Hall–Kier alpha value is -9.72. The van der Waals surface area contributed by atoms with Crippen molar-refractivity contribution in [3.8, 4) is 28.7 Å². The molecule has 0 fully saturated rings. The van der Waals surface area contributed by atoms with Crippen molar-refractivity contribution in [2.24, 2.45) is 0 Å². The Morgan fingerprint density at radius 3 is 0.869 bits per heavy atom. The molecule has 0 aliphatic heterocycles. The van der Waals surface area contributed by atoms with Crippen molar-refractivity contribution < 1.29 is 52.1 Å². The Bertz CT molecular complexity index is 4120. The van der Waals surface area contributed by atoms with E-state index in [1.54, 1.807) is 170 Å². The minimum absolute atomic E-state index is 0.243. The molecule has 0 saturated heterocycles. The summed E-state index contributed by atoms with van der Waals surface area (Å²) in [7, 11) is -10.3. The maximum Gasteiger partial charge on any atom is 0.343 e. The van der Waals surface area contributed by atoms with E-state index in [1.807, 2.05) is 134 Å². The summed E-state index contributed by atoms with van der Waals surface area (Å²) >= 11 is 0. The molecule has 414 valence electrons. The van der Waals surface area contributed by atoms with Gasteiger partial charge in [-0.2, -0.15) is 4.89 Å². The lowest BCUT2D eigenvalue weighted by atomic mass is 10.2. The third-order valence-corrected chi connectivity index (χ3v) is 22.9. The average molecular weight is 1160 g/mol. The van der Waals surface area contributed by atoms with Crippen molar-refractivity contribution >= 4 is 87.9 Å². The number of hydrogen-bond donors (Lipinski definition) is 0. The van der Waals surface area contributed by atoms with E-state index in [1.165, 1.54) is 0 Å². The van der Waals surface area contributed by atoms with Crippen LogP contribution in [0.5, 0.6) is 28.7 Å². The fraction of sp³-hybridized carbons (Fsp3) is 0.0143. The number of hydrogen-bond acceptors (Lipinski definition) is 11. The van der Waals surface area contributed by atoms with Crippen molar-refractivity contribution in [1.82, 2.24) is 0 Å². The highest BCUT2D eigenvalue weighted by Crippen LogP contribution is 2.46. The average Bonchev–Trinajstić information content (AvgIpc) is 3.76. The van der Waals surface area contributed by atoms with Gasteiger partial charge in [-0.1, -0.05) is 152 Å². The lowest BCUT2D eigenvalue weighted by Gasteiger charge is -2.21. The van der Waals surface area contributed by atoms with Crippen LogP contribution in [0.15, 0.2) is 297 Å². The Labute approximate surface area is 486 Å². The highest BCUT2D eigenvalue weighted by atomic mass is 31.2. The molecule has 0 amide bonds. The van der Waals surface area contributed by atoms with Gasteiger partial charge in [-0.05, 0) is 151 Å². The lowest BCUT2D eigenvalue weighted by molar-refractivity contribution is -0.217. The molecule has 3 atom stereocenters. The first-order valence-corrected chi connectivity index (χ1v) is 31.6. The number of rotatable bonds is 19. The van der Waals surface area contributed by atoms with E-state index in [2.05, 4.69) is 0 Å². The molecule has 0 saturated carbocycles. The summed E-state index contributed by atoms with van der Waals surface area (Å²) < 4.78 is 63.8. The highest BCUT2D eigenvalue weighted by Gasteiger charge is 2.33. The molecule has 0 aliphatic rings. The van der Waals surface area contributed by atoms with E-state index >= 15 is 13.7 Å². The molecule has 0 aliphatic carbocycles. The maximum atomic E-state index is 15.5. The van der Waals surface area contributed by atoms with Gasteiger partial charge in [-0.3, -0.25) is 0 Å². The van der Waals surface area contributed by atoms with E-state index < -0.39 is 33.4 Å². The molecule has 0 bridgehead atoms. The smallest absolute Gasteiger partial charge is 0.343 e. The van der Waals surface area contributed by atoms with Gasteiger partial charge in [-0.15, -0.1) is 0 Å². The molecule has 14 heteroatoms. The van der Waals surface area contributed by atoms with Gasteiger partial charge in [0, 0.05) is 47.7 Å². The van der Waals surface area contributed by atoms with Gasteiger partial charge >= 0.3 is 11.9 Å². The largest absolute Gasteiger partial charge is 0.457 e. The topological polar surface area (TPSA) is 149 Å². The van der Waals surface area contributed by atoms with Gasteiger partial charge in [0.2, 0.25) is 0 Å². The predicted octanol–water partition coefficient (Wildman–Crippen LogP) is 12.2. The Kier molecular flexibility index (Phi) is 18.1.